The number of ether oxygens (including phenoxy) is 3. The molecule has 0 spiro atoms. The lowest BCUT2D eigenvalue weighted by Gasteiger charge is -2.16. The Morgan fingerprint density at radius 1 is 1.62 bits per heavy atom. The molecule has 7 heteroatoms. The molecule has 0 N–H and O–H groups in total. The second-order valence-corrected chi connectivity index (χ2v) is 5.30. The van der Waals surface area contributed by atoms with Gasteiger partial charge in [-0.25, -0.2) is 0 Å². The Hall–Kier alpha value is -0.370. The van der Waals surface area contributed by atoms with Gasteiger partial charge in [0.2, 0.25) is 5.16 Å². The van der Waals surface area contributed by atoms with Crippen molar-refractivity contribution in [1.82, 2.24) is 9.36 Å². The van der Waals surface area contributed by atoms with Gasteiger partial charge in [-0.1, -0.05) is 11.8 Å². The largest absolute Gasteiger partial charge is 0.466 e. The highest BCUT2D eigenvalue weighted by atomic mass is 32.2. The van der Waals surface area contributed by atoms with Gasteiger partial charge >= 0.3 is 0 Å². The molecule has 2 rings (SSSR count). The minimum absolute atomic E-state index is 0.0309. The highest BCUT2D eigenvalue weighted by Gasteiger charge is 2.33. The summed E-state index contributed by atoms with van der Waals surface area (Å²) < 4.78 is 20.6. The number of hydrogen-bond acceptors (Lipinski definition) is 7. The summed E-state index contributed by atoms with van der Waals surface area (Å²) in [7, 11) is 0. The topological polar surface area (TPSA) is 53.5 Å². The van der Waals surface area contributed by atoms with Gasteiger partial charge in [-0.15, -0.1) is 0 Å². The molecular formula is C9H14N2O3S2. The minimum atomic E-state index is -0.500. The summed E-state index contributed by atoms with van der Waals surface area (Å²) in [6.07, 6.45) is 1.90. The van der Waals surface area contributed by atoms with Gasteiger partial charge in [0, 0.05) is 11.5 Å². The molecule has 1 fully saturated rings. The molecule has 0 amide bonds. The van der Waals surface area contributed by atoms with Gasteiger partial charge in [0.05, 0.1) is 6.61 Å². The molecule has 1 aromatic heterocycles. The molecule has 0 saturated carbocycles. The van der Waals surface area contributed by atoms with Crippen molar-refractivity contribution in [2.45, 2.75) is 30.9 Å². The molecule has 5 nitrogen and oxygen atoms in total. The number of aromatic nitrogens is 2. The number of nitrogens with zero attached hydrogens (tertiary/aromatic N) is 2. The van der Waals surface area contributed by atoms with Gasteiger partial charge in [0.1, 0.15) is 12.7 Å². The van der Waals surface area contributed by atoms with Crippen LogP contribution in [0.1, 0.15) is 13.8 Å². The summed E-state index contributed by atoms with van der Waals surface area (Å²) in [6.45, 7) is 4.79. The van der Waals surface area contributed by atoms with Crippen LogP contribution in [-0.4, -0.2) is 40.7 Å². The molecular weight excluding hydrogens is 248 g/mol. The lowest BCUT2D eigenvalue weighted by molar-refractivity contribution is -0.141. The van der Waals surface area contributed by atoms with E-state index < -0.39 is 5.79 Å². The zero-order valence-corrected chi connectivity index (χ0v) is 11.1. The zero-order valence-electron chi connectivity index (χ0n) is 9.43. The molecule has 2 heterocycles. The predicted molar refractivity (Wildman–Crippen MR) is 62.1 cm³/mol. The van der Waals surface area contributed by atoms with E-state index in [0.717, 1.165) is 5.16 Å². The fourth-order valence-electron chi connectivity index (χ4n) is 1.35. The lowest BCUT2D eigenvalue weighted by Crippen LogP contribution is -2.25. The van der Waals surface area contributed by atoms with Crippen molar-refractivity contribution in [1.29, 1.82) is 0 Å². The molecule has 1 aliphatic heterocycles. The van der Waals surface area contributed by atoms with Crippen LogP contribution in [0.15, 0.2) is 5.16 Å². The van der Waals surface area contributed by atoms with E-state index in [0.29, 0.717) is 18.4 Å². The van der Waals surface area contributed by atoms with E-state index in [2.05, 4.69) is 9.36 Å². The van der Waals surface area contributed by atoms with Gasteiger partial charge in [0.25, 0.3) is 5.19 Å². The van der Waals surface area contributed by atoms with Crippen LogP contribution in [0.5, 0.6) is 5.19 Å². The summed E-state index contributed by atoms with van der Waals surface area (Å²) in [4.78, 5) is 4.18. The van der Waals surface area contributed by atoms with Gasteiger partial charge in [-0.2, -0.15) is 9.36 Å². The van der Waals surface area contributed by atoms with E-state index in [1.165, 1.54) is 23.3 Å². The van der Waals surface area contributed by atoms with E-state index in [-0.39, 0.29) is 6.10 Å². The normalized spacial score (nSPS) is 23.6. The van der Waals surface area contributed by atoms with E-state index in [1.807, 2.05) is 20.1 Å². The van der Waals surface area contributed by atoms with E-state index in [9.17, 15) is 0 Å². The smallest absolute Gasteiger partial charge is 0.294 e. The second kappa shape index (κ2) is 4.87. The van der Waals surface area contributed by atoms with E-state index >= 15 is 0 Å². The average Bonchev–Trinajstić information content (AvgIpc) is 2.81. The molecule has 1 aromatic rings. The molecule has 0 aromatic carbocycles. The Kier molecular flexibility index (Phi) is 3.68. The van der Waals surface area contributed by atoms with Crippen molar-refractivity contribution in [2.24, 2.45) is 0 Å². The molecule has 90 valence electrons. The van der Waals surface area contributed by atoms with Crippen molar-refractivity contribution >= 4 is 23.3 Å². The molecule has 1 atom stereocenters. The molecule has 0 bridgehead atoms. The quantitative estimate of drug-likeness (QED) is 0.771. The predicted octanol–water partition coefficient (Wildman–Crippen LogP) is 1.79. The Bertz CT molecular complexity index is 356. The first-order valence-corrected chi connectivity index (χ1v) is 6.91. The number of hydrogen-bond donors (Lipinski definition) is 0. The molecule has 1 unspecified atom stereocenters. The molecule has 16 heavy (non-hydrogen) atoms. The summed E-state index contributed by atoms with van der Waals surface area (Å²) >= 11 is 2.76. The maximum Gasteiger partial charge on any atom is 0.294 e. The minimum Gasteiger partial charge on any atom is -0.466 e. The molecule has 1 saturated heterocycles. The van der Waals surface area contributed by atoms with Gasteiger partial charge in [0.15, 0.2) is 5.79 Å². The van der Waals surface area contributed by atoms with Crippen LogP contribution < -0.4 is 4.74 Å². The monoisotopic (exact) mass is 262 g/mol. The number of thioether (sulfide) groups is 1. The Morgan fingerprint density at radius 2 is 2.44 bits per heavy atom. The molecule has 1 aliphatic rings. The highest BCUT2D eigenvalue weighted by molar-refractivity contribution is 7.98. The maximum absolute atomic E-state index is 5.61. The average molecular weight is 262 g/mol. The summed E-state index contributed by atoms with van der Waals surface area (Å²) in [5.41, 5.74) is 0. The van der Waals surface area contributed by atoms with Crippen LogP contribution in [-0.2, 0) is 9.47 Å². The van der Waals surface area contributed by atoms with Crippen LogP contribution in [0.2, 0.25) is 0 Å². The van der Waals surface area contributed by atoms with Crippen molar-refractivity contribution in [3.63, 3.8) is 0 Å². The van der Waals surface area contributed by atoms with Crippen LogP contribution in [0.4, 0.5) is 0 Å². The van der Waals surface area contributed by atoms with Crippen molar-refractivity contribution in [3.8, 4) is 5.19 Å². The first-order valence-electron chi connectivity index (χ1n) is 4.91. The molecule has 0 radical (unpaired) electrons. The zero-order chi connectivity index (χ0) is 11.6. The van der Waals surface area contributed by atoms with Gasteiger partial charge in [-0.05, 0) is 20.1 Å². The highest BCUT2D eigenvalue weighted by Crippen LogP contribution is 2.24. The Balaban J connectivity index is 1.80. The van der Waals surface area contributed by atoms with E-state index in [4.69, 9.17) is 14.2 Å². The van der Waals surface area contributed by atoms with Gasteiger partial charge < -0.3 is 14.2 Å². The third-order valence-electron chi connectivity index (χ3n) is 2.03. The first-order chi connectivity index (χ1) is 7.59. The summed E-state index contributed by atoms with van der Waals surface area (Å²) in [5.74, 6) is -0.500. The summed E-state index contributed by atoms with van der Waals surface area (Å²) in [6, 6.07) is 0. The van der Waals surface area contributed by atoms with Crippen LogP contribution >= 0.6 is 23.3 Å². The van der Waals surface area contributed by atoms with Crippen molar-refractivity contribution in [3.05, 3.63) is 0 Å². The molecule has 0 aliphatic carbocycles. The Labute approximate surface area is 103 Å². The summed E-state index contributed by atoms with van der Waals surface area (Å²) in [5, 5.41) is 1.32. The Morgan fingerprint density at radius 3 is 3.00 bits per heavy atom. The SMILES string of the molecule is CSc1nsc(OCC2COC(C)(C)O2)n1. The van der Waals surface area contributed by atoms with E-state index in [1.54, 1.807) is 0 Å². The standard InChI is InChI=1S/C9H14N2O3S2/c1-9(2)13-5-6(14-9)4-12-8-10-7(15-3)11-16-8/h6H,4-5H2,1-3H3. The lowest BCUT2D eigenvalue weighted by atomic mass is 10.4. The van der Waals surface area contributed by atoms with Crippen LogP contribution in [0, 0.1) is 0 Å². The number of rotatable bonds is 4. The fraction of sp³-hybridized carbons (Fsp3) is 0.778. The van der Waals surface area contributed by atoms with Gasteiger partial charge in [-0.3, -0.25) is 0 Å². The fourth-order valence-corrected chi connectivity index (χ4v) is 2.43. The maximum atomic E-state index is 5.61. The third kappa shape index (κ3) is 3.07. The third-order valence-corrected chi connectivity index (χ3v) is 3.32. The van der Waals surface area contributed by atoms with Crippen molar-refractivity contribution < 1.29 is 14.2 Å². The van der Waals surface area contributed by atoms with Crippen LogP contribution in [0.25, 0.3) is 0 Å². The first kappa shape index (κ1) is 12.1. The second-order valence-electron chi connectivity index (χ2n) is 3.81. The van der Waals surface area contributed by atoms with Crippen LogP contribution in [0.3, 0.4) is 0 Å². The van der Waals surface area contributed by atoms with Crippen molar-refractivity contribution in [2.75, 3.05) is 19.5 Å².